The molecule has 0 aromatic heterocycles. The standard InChI is InChI=1S/C21H23ClO/c1-15(12-17-6-8-19(22)9-7-17)14-23-20-10-11-21-16(2)4-3-5-18(21)13-20/h4,6-11,13,15H,3,5,12,14H2,1-2H3/t15-/m0/s1. The van der Waals surface area contributed by atoms with Gasteiger partial charge in [-0.25, -0.2) is 0 Å². The van der Waals surface area contributed by atoms with E-state index in [1.165, 1.54) is 22.3 Å². The van der Waals surface area contributed by atoms with Gasteiger partial charge in [0.15, 0.2) is 0 Å². The summed E-state index contributed by atoms with van der Waals surface area (Å²) in [5.41, 5.74) is 5.47. The molecule has 2 aromatic carbocycles. The highest BCUT2D eigenvalue weighted by molar-refractivity contribution is 6.30. The number of fused-ring (bicyclic) bond motifs is 1. The highest BCUT2D eigenvalue weighted by atomic mass is 35.5. The van der Waals surface area contributed by atoms with Crippen molar-refractivity contribution in [2.24, 2.45) is 5.92 Å². The third-order valence-electron chi connectivity index (χ3n) is 4.40. The Morgan fingerprint density at radius 2 is 1.91 bits per heavy atom. The van der Waals surface area contributed by atoms with Gasteiger partial charge in [-0.1, -0.05) is 42.8 Å². The summed E-state index contributed by atoms with van der Waals surface area (Å²) >= 11 is 5.93. The third-order valence-corrected chi connectivity index (χ3v) is 4.65. The van der Waals surface area contributed by atoms with Gasteiger partial charge in [0.2, 0.25) is 0 Å². The molecule has 0 aliphatic heterocycles. The van der Waals surface area contributed by atoms with Gasteiger partial charge in [-0.3, -0.25) is 0 Å². The van der Waals surface area contributed by atoms with Crippen molar-refractivity contribution in [2.45, 2.75) is 33.1 Å². The summed E-state index contributed by atoms with van der Waals surface area (Å²) in [7, 11) is 0. The van der Waals surface area contributed by atoms with E-state index in [0.29, 0.717) is 5.92 Å². The van der Waals surface area contributed by atoms with Crippen molar-refractivity contribution in [1.29, 1.82) is 0 Å². The summed E-state index contributed by atoms with van der Waals surface area (Å²) in [6.45, 7) is 5.14. The van der Waals surface area contributed by atoms with E-state index in [2.05, 4.69) is 50.3 Å². The first kappa shape index (κ1) is 16.1. The highest BCUT2D eigenvalue weighted by Crippen LogP contribution is 2.29. The molecule has 0 spiro atoms. The van der Waals surface area contributed by atoms with E-state index in [-0.39, 0.29) is 0 Å². The molecule has 0 fully saturated rings. The lowest BCUT2D eigenvalue weighted by atomic mass is 9.91. The molecule has 0 saturated carbocycles. The summed E-state index contributed by atoms with van der Waals surface area (Å²) in [5.74, 6) is 1.45. The normalized spacial score (nSPS) is 14.8. The smallest absolute Gasteiger partial charge is 0.119 e. The Hall–Kier alpha value is -1.73. The predicted molar refractivity (Wildman–Crippen MR) is 98.2 cm³/mol. The lowest BCUT2D eigenvalue weighted by Crippen LogP contribution is -2.11. The average molecular weight is 327 g/mol. The fourth-order valence-electron chi connectivity index (χ4n) is 3.13. The van der Waals surface area contributed by atoms with Gasteiger partial charge in [0.1, 0.15) is 5.75 Å². The minimum Gasteiger partial charge on any atom is -0.493 e. The Labute approximate surface area is 143 Å². The minimum absolute atomic E-state index is 0.467. The van der Waals surface area contributed by atoms with Crippen molar-refractivity contribution in [3.05, 3.63) is 70.3 Å². The summed E-state index contributed by atoms with van der Waals surface area (Å²) in [4.78, 5) is 0. The second-order valence-corrected chi connectivity index (χ2v) is 6.93. The summed E-state index contributed by atoms with van der Waals surface area (Å²) in [5, 5.41) is 0.788. The number of halogens is 1. The number of hydrogen-bond acceptors (Lipinski definition) is 1. The fraction of sp³-hybridized carbons (Fsp3) is 0.333. The molecule has 1 aliphatic carbocycles. The average Bonchev–Trinajstić information content (AvgIpc) is 2.55. The zero-order valence-corrected chi connectivity index (χ0v) is 14.6. The van der Waals surface area contributed by atoms with Gasteiger partial charge < -0.3 is 4.74 Å². The molecule has 2 heteroatoms. The molecule has 1 nitrogen and oxygen atoms in total. The summed E-state index contributed by atoms with van der Waals surface area (Å²) < 4.78 is 6.02. The molecule has 0 radical (unpaired) electrons. The zero-order valence-electron chi connectivity index (χ0n) is 13.8. The van der Waals surface area contributed by atoms with E-state index in [1.54, 1.807) is 0 Å². The molecule has 0 saturated heterocycles. The lowest BCUT2D eigenvalue weighted by Gasteiger charge is -2.18. The maximum atomic E-state index is 6.02. The van der Waals surface area contributed by atoms with Crippen LogP contribution in [0.1, 0.15) is 37.0 Å². The van der Waals surface area contributed by atoms with Crippen LogP contribution in [0.2, 0.25) is 5.02 Å². The molecule has 0 unspecified atom stereocenters. The summed E-state index contributed by atoms with van der Waals surface area (Å²) in [6, 6.07) is 14.6. The minimum atomic E-state index is 0.467. The molecule has 0 N–H and O–H groups in total. The van der Waals surface area contributed by atoms with Crippen LogP contribution in [0.5, 0.6) is 5.75 Å². The fourth-order valence-corrected chi connectivity index (χ4v) is 3.25. The number of hydrogen-bond donors (Lipinski definition) is 0. The molecule has 0 heterocycles. The van der Waals surface area contributed by atoms with Crippen LogP contribution in [0.3, 0.4) is 0 Å². The quantitative estimate of drug-likeness (QED) is 0.660. The number of benzene rings is 2. The highest BCUT2D eigenvalue weighted by Gasteiger charge is 2.11. The van der Waals surface area contributed by atoms with E-state index in [4.69, 9.17) is 16.3 Å². The molecular weight excluding hydrogens is 304 g/mol. The van der Waals surface area contributed by atoms with Gasteiger partial charge in [-0.15, -0.1) is 0 Å². The van der Waals surface area contributed by atoms with Crippen LogP contribution >= 0.6 is 11.6 Å². The zero-order chi connectivity index (χ0) is 16.2. The van der Waals surface area contributed by atoms with Gasteiger partial charge >= 0.3 is 0 Å². The van der Waals surface area contributed by atoms with E-state index >= 15 is 0 Å². The predicted octanol–water partition coefficient (Wildman–Crippen LogP) is 5.95. The van der Waals surface area contributed by atoms with Crippen molar-refractivity contribution in [2.75, 3.05) is 6.61 Å². The second-order valence-electron chi connectivity index (χ2n) is 6.49. The first-order chi connectivity index (χ1) is 11.1. The van der Waals surface area contributed by atoms with Gasteiger partial charge in [0, 0.05) is 5.02 Å². The monoisotopic (exact) mass is 326 g/mol. The lowest BCUT2D eigenvalue weighted by molar-refractivity contribution is 0.259. The van der Waals surface area contributed by atoms with Crippen molar-refractivity contribution >= 4 is 17.2 Å². The number of ether oxygens (including phenoxy) is 1. The number of rotatable bonds is 5. The Balaban J connectivity index is 1.58. The molecule has 2 aromatic rings. The molecule has 0 bridgehead atoms. The molecule has 120 valence electrons. The van der Waals surface area contributed by atoms with Crippen molar-refractivity contribution in [3.8, 4) is 5.75 Å². The Bertz CT molecular complexity index is 700. The Morgan fingerprint density at radius 1 is 1.13 bits per heavy atom. The first-order valence-electron chi connectivity index (χ1n) is 8.29. The van der Waals surface area contributed by atoms with Crippen molar-refractivity contribution < 1.29 is 4.74 Å². The van der Waals surface area contributed by atoms with E-state index in [1.807, 2.05) is 12.1 Å². The summed E-state index contributed by atoms with van der Waals surface area (Å²) in [6.07, 6.45) is 5.57. The first-order valence-corrected chi connectivity index (χ1v) is 8.67. The maximum absolute atomic E-state index is 6.02. The van der Waals surface area contributed by atoms with E-state index < -0.39 is 0 Å². The van der Waals surface area contributed by atoms with Gasteiger partial charge in [0.05, 0.1) is 6.61 Å². The topological polar surface area (TPSA) is 9.23 Å². The number of allylic oxidation sites excluding steroid dienone is 2. The van der Waals surface area contributed by atoms with Crippen LogP contribution in [0.15, 0.2) is 48.5 Å². The van der Waals surface area contributed by atoms with Crippen LogP contribution in [0, 0.1) is 5.92 Å². The van der Waals surface area contributed by atoms with Crippen LogP contribution in [-0.4, -0.2) is 6.61 Å². The van der Waals surface area contributed by atoms with Gasteiger partial charge in [0.25, 0.3) is 0 Å². The molecule has 23 heavy (non-hydrogen) atoms. The Morgan fingerprint density at radius 3 is 2.70 bits per heavy atom. The largest absolute Gasteiger partial charge is 0.493 e. The molecule has 3 rings (SSSR count). The second kappa shape index (κ2) is 7.23. The van der Waals surface area contributed by atoms with Crippen LogP contribution < -0.4 is 4.74 Å². The molecule has 1 aliphatic rings. The molecule has 0 amide bonds. The van der Waals surface area contributed by atoms with Crippen molar-refractivity contribution in [3.63, 3.8) is 0 Å². The number of aryl methyl sites for hydroxylation is 1. The molecule has 1 atom stereocenters. The molecular formula is C21H23ClO. The van der Waals surface area contributed by atoms with Crippen molar-refractivity contribution in [1.82, 2.24) is 0 Å². The maximum Gasteiger partial charge on any atom is 0.119 e. The van der Waals surface area contributed by atoms with Gasteiger partial charge in [-0.2, -0.15) is 0 Å². The van der Waals surface area contributed by atoms with E-state index in [0.717, 1.165) is 36.6 Å². The van der Waals surface area contributed by atoms with Crippen LogP contribution in [-0.2, 0) is 12.8 Å². The van der Waals surface area contributed by atoms with Gasteiger partial charge in [-0.05, 0) is 78.6 Å². The van der Waals surface area contributed by atoms with Crippen LogP contribution in [0.4, 0.5) is 0 Å². The van der Waals surface area contributed by atoms with Crippen LogP contribution in [0.25, 0.3) is 5.57 Å². The Kier molecular flexibility index (Phi) is 5.07. The van der Waals surface area contributed by atoms with E-state index in [9.17, 15) is 0 Å². The SMILES string of the molecule is CC1=CCCc2cc(OC[C@@H](C)Cc3ccc(Cl)cc3)ccc21. The third kappa shape index (κ3) is 4.17.